The number of nitrogens with zero attached hydrogens (tertiary/aromatic N) is 1. The van der Waals surface area contributed by atoms with Crippen molar-refractivity contribution >= 4 is 12.0 Å². The molecule has 0 bridgehead atoms. The minimum atomic E-state index is -1.14. The molecule has 0 saturated carbocycles. The summed E-state index contributed by atoms with van der Waals surface area (Å²) in [6.07, 6.45) is 0.353. The first kappa shape index (κ1) is 14.3. The summed E-state index contributed by atoms with van der Waals surface area (Å²) in [5.41, 5.74) is 3.32. The van der Waals surface area contributed by atoms with E-state index in [-0.39, 0.29) is 11.9 Å². The molecule has 4 heteroatoms. The third-order valence-corrected chi connectivity index (χ3v) is 4.06. The fourth-order valence-electron chi connectivity index (χ4n) is 2.94. The smallest absolute Gasteiger partial charge is 0.414 e. The van der Waals surface area contributed by atoms with Crippen molar-refractivity contribution in [3.63, 3.8) is 0 Å². The van der Waals surface area contributed by atoms with Crippen molar-refractivity contribution in [2.75, 3.05) is 0 Å². The largest absolute Gasteiger partial charge is 0.465 e. The maximum atomic E-state index is 11.6. The molecule has 0 spiro atoms. The topological polar surface area (TPSA) is 57.6 Å². The van der Waals surface area contributed by atoms with Gasteiger partial charge >= 0.3 is 6.09 Å². The van der Waals surface area contributed by atoms with E-state index < -0.39 is 6.09 Å². The Morgan fingerprint density at radius 3 is 2.32 bits per heavy atom. The lowest BCUT2D eigenvalue weighted by molar-refractivity contribution is -0.126. The lowest BCUT2D eigenvalue weighted by Crippen LogP contribution is -2.38. The number of benzene rings is 2. The molecule has 1 aliphatic rings. The Morgan fingerprint density at radius 2 is 1.68 bits per heavy atom. The molecule has 112 valence electrons. The molecule has 2 aromatic rings. The molecule has 4 nitrogen and oxygen atoms in total. The number of hydrogen-bond acceptors (Lipinski definition) is 2. The van der Waals surface area contributed by atoms with Gasteiger partial charge in [-0.3, -0.25) is 4.79 Å². The van der Waals surface area contributed by atoms with Gasteiger partial charge in [0.2, 0.25) is 5.91 Å². The van der Waals surface area contributed by atoms with Crippen LogP contribution < -0.4 is 0 Å². The summed E-state index contributed by atoms with van der Waals surface area (Å²) in [4.78, 5) is 23.7. The third-order valence-electron chi connectivity index (χ3n) is 4.06. The molecule has 3 rings (SSSR count). The van der Waals surface area contributed by atoms with Gasteiger partial charge in [0, 0.05) is 12.5 Å². The quantitative estimate of drug-likeness (QED) is 0.941. The number of hydrogen-bond donors (Lipinski definition) is 1. The highest BCUT2D eigenvalue weighted by Crippen LogP contribution is 2.24. The monoisotopic (exact) mass is 295 g/mol. The van der Waals surface area contributed by atoms with Gasteiger partial charge in [-0.1, -0.05) is 54.6 Å². The van der Waals surface area contributed by atoms with Crippen molar-refractivity contribution < 1.29 is 14.7 Å². The van der Waals surface area contributed by atoms with Gasteiger partial charge in [0.25, 0.3) is 0 Å². The van der Waals surface area contributed by atoms with E-state index in [1.54, 1.807) is 0 Å². The second-order valence-corrected chi connectivity index (χ2v) is 5.51. The summed E-state index contributed by atoms with van der Waals surface area (Å²) in [5, 5.41) is 9.13. The van der Waals surface area contributed by atoms with E-state index >= 15 is 0 Å². The molecule has 0 aliphatic carbocycles. The molecule has 0 aromatic heterocycles. The Morgan fingerprint density at radius 1 is 1.05 bits per heavy atom. The first-order chi connectivity index (χ1) is 10.6. The van der Waals surface area contributed by atoms with E-state index in [0.717, 1.165) is 21.6 Å². The lowest BCUT2D eigenvalue weighted by atomic mass is 10.00. The summed E-state index contributed by atoms with van der Waals surface area (Å²) >= 11 is 0. The predicted molar refractivity (Wildman–Crippen MR) is 83.5 cm³/mol. The van der Waals surface area contributed by atoms with Crippen LogP contribution in [0.15, 0.2) is 54.6 Å². The van der Waals surface area contributed by atoms with Crippen molar-refractivity contribution in [3.8, 4) is 11.1 Å². The molecule has 1 fully saturated rings. The number of carbonyl (C=O) groups is 2. The molecular formula is C18H17NO3. The highest BCUT2D eigenvalue weighted by Gasteiger charge is 2.35. The third kappa shape index (κ3) is 2.86. The van der Waals surface area contributed by atoms with Crippen LogP contribution in [0.25, 0.3) is 11.1 Å². The summed E-state index contributed by atoms with van der Waals surface area (Å²) in [6.45, 7) is 0. The van der Waals surface area contributed by atoms with Gasteiger partial charge in [-0.2, -0.15) is 0 Å². The fraction of sp³-hybridized carbons (Fsp3) is 0.222. The van der Waals surface area contributed by atoms with Crippen molar-refractivity contribution in [1.82, 2.24) is 4.90 Å². The Bertz CT molecular complexity index is 679. The van der Waals surface area contributed by atoms with Crippen LogP contribution >= 0.6 is 0 Å². The summed E-state index contributed by atoms with van der Waals surface area (Å²) in [7, 11) is 0. The number of likely N-dealkylation sites (tertiary alicyclic amines) is 1. The molecule has 22 heavy (non-hydrogen) atoms. The van der Waals surface area contributed by atoms with Crippen LogP contribution in [0.2, 0.25) is 0 Å². The Kier molecular flexibility index (Phi) is 3.92. The van der Waals surface area contributed by atoms with Gasteiger partial charge in [0.1, 0.15) is 0 Å². The maximum Gasteiger partial charge on any atom is 0.414 e. The van der Waals surface area contributed by atoms with E-state index in [0.29, 0.717) is 19.3 Å². The Labute approximate surface area is 129 Å². The zero-order chi connectivity index (χ0) is 15.5. The van der Waals surface area contributed by atoms with Gasteiger partial charge < -0.3 is 5.11 Å². The lowest BCUT2D eigenvalue weighted by Gasteiger charge is -2.19. The zero-order valence-corrected chi connectivity index (χ0v) is 12.1. The fourth-order valence-corrected chi connectivity index (χ4v) is 2.94. The van der Waals surface area contributed by atoms with E-state index in [1.807, 2.05) is 42.5 Å². The van der Waals surface area contributed by atoms with Crippen LogP contribution in [0.4, 0.5) is 4.79 Å². The highest BCUT2D eigenvalue weighted by molar-refractivity contribution is 5.93. The van der Waals surface area contributed by atoms with E-state index in [1.165, 1.54) is 0 Å². The standard InChI is InChI=1S/C18H17NO3/c20-17-11-10-16(19(17)18(21)22)12-13-6-8-15(9-7-13)14-4-2-1-3-5-14/h1-9,16H,10-12H2,(H,21,22). The summed E-state index contributed by atoms with van der Waals surface area (Å²) in [6, 6.07) is 17.9. The molecule has 2 amide bonds. The summed E-state index contributed by atoms with van der Waals surface area (Å²) in [5.74, 6) is -0.293. The van der Waals surface area contributed by atoms with Crippen molar-refractivity contribution in [2.24, 2.45) is 0 Å². The van der Waals surface area contributed by atoms with Crippen molar-refractivity contribution in [2.45, 2.75) is 25.3 Å². The Balaban J connectivity index is 1.74. The molecule has 2 aromatic carbocycles. The van der Waals surface area contributed by atoms with Crippen LogP contribution in [0, 0.1) is 0 Å². The van der Waals surface area contributed by atoms with Crippen LogP contribution in [0.3, 0.4) is 0 Å². The van der Waals surface area contributed by atoms with Gasteiger partial charge in [-0.05, 0) is 29.5 Å². The molecule has 1 saturated heterocycles. The molecule has 1 heterocycles. The molecule has 1 unspecified atom stereocenters. The molecule has 1 aliphatic heterocycles. The molecule has 1 N–H and O–H groups in total. The number of carboxylic acid groups (broad SMARTS) is 1. The van der Waals surface area contributed by atoms with E-state index in [2.05, 4.69) is 12.1 Å². The van der Waals surface area contributed by atoms with Gasteiger partial charge in [-0.25, -0.2) is 9.69 Å². The highest BCUT2D eigenvalue weighted by atomic mass is 16.4. The first-order valence-corrected chi connectivity index (χ1v) is 7.34. The Hall–Kier alpha value is -2.62. The molecule has 0 radical (unpaired) electrons. The van der Waals surface area contributed by atoms with Crippen molar-refractivity contribution in [1.29, 1.82) is 0 Å². The minimum absolute atomic E-state index is 0.243. The van der Waals surface area contributed by atoms with E-state index in [9.17, 15) is 9.59 Å². The number of amides is 2. The minimum Gasteiger partial charge on any atom is -0.465 e. The normalized spacial score (nSPS) is 17.7. The SMILES string of the molecule is O=C(O)N1C(=O)CCC1Cc1ccc(-c2ccccc2)cc1. The molecular weight excluding hydrogens is 278 g/mol. The van der Waals surface area contributed by atoms with Crippen LogP contribution in [-0.4, -0.2) is 28.0 Å². The van der Waals surface area contributed by atoms with E-state index in [4.69, 9.17) is 5.11 Å². The van der Waals surface area contributed by atoms with Gasteiger partial charge in [0.05, 0.1) is 0 Å². The van der Waals surface area contributed by atoms with Crippen molar-refractivity contribution in [3.05, 3.63) is 60.2 Å². The van der Waals surface area contributed by atoms with Gasteiger partial charge in [0.15, 0.2) is 0 Å². The number of rotatable bonds is 3. The average molecular weight is 295 g/mol. The second-order valence-electron chi connectivity index (χ2n) is 5.51. The summed E-state index contributed by atoms with van der Waals surface area (Å²) < 4.78 is 0. The molecule has 1 atom stereocenters. The number of imide groups is 1. The number of carbonyl (C=O) groups excluding carboxylic acids is 1. The zero-order valence-electron chi connectivity index (χ0n) is 12.1. The van der Waals surface area contributed by atoms with Crippen LogP contribution in [-0.2, 0) is 11.2 Å². The first-order valence-electron chi connectivity index (χ1n) is 7.34. The van der Waals surface area contributed by atoms with Gasteiger partial charge in [-0.15, -0.1) is 0 Å². The second kappa shape index (κ2) is 6.02. The maximum absolute atomic E-state index is 11.6. The predicted octanol–water partition coefficient (Wildman–Crippen LogP) is 3.57. The average Bonchev–Trinajstić information content (AvgIpc) is 2.90. The van der Waals surface area contributed by atoms with Crippen LogP contribution in [0.1, 0.15) is 18.4 Å². The van der Waals surface area contributed by atoms with Crippen LogP contribution in [0.5, 0.6) is 0 Å².